The molecule has 2 aromatic rings. The van der Waals surface area contributed by atoms with Crippen molar-refractivity contribution in [2.45, 2.75) is 32.7 Å². The summed E-state index contributed by atoms with van der Waals surface area (Å²) in [6.07, 6.45) is 1.95. The summed E-state index contributed by atoms with van der Waals surface area (Å²) in [5.74, 6) is -0.111. The molecule has 25 heavy (non-hydrogen) atoms. The molecular weight excluding hydrogens is 312 g/mol. The number of aryl methyl sites for hydroxylation is 1. The number of anilines is 1. The Morgan fingerprint density at radius 2 is 1.76 bits per heavy atom. The number of hydrogen-bond donors (Lipinski definition) is 0. The van der Waals surface area contributed by atoms with Gasteiger partial charge in [0.05, 0.1) is 6.04 Å². The Morgan fingerprint density at radius 3 is 2.48 bits per heavy atom. The minimum atomic E-state index is -0.136. The van der Waals surface area contributed by atoms with Crippen LogP contribution in [0.15, 0.2) is 54.6 Å². The lowest BCUT2D eigenvalue weighted by atomic mass is 10.0. The molecular formula is C21H24N2O2. The summed E-state index contributed by atoms with van der Waals surface area (Å²) in [6.45, 7) is 4.30. The molecule has 3 rings (SSSR count). The summed E-state index contributed by atoms with van der Waals surface area (Å²) in [6, 6.07) is 17.7. The number of benzene rings is 2. The maximum atomic E-state index is 12.9. The van der Waals surface area contributed by atoms with Crippen molar-refractivity contribution >= 4 is 17.5 Å². The van der Waals surface area contributed by atoms with Gasteiger partial charge in [0.2, 0.25) is 11.8 Å². The number of hydrogen-bond acceptors (Lipinski definition) is 2. The van der Waals surface area contributed by atoms with Gasteiger partial charge in [-0.25, -0.2) is 0 Å². The zero-order valence-electron chi connectivity index (χ0n) is 14.8. The first kappa shape index (κ1) is 17.2. The Hall–Kier alpha value is -2.62. The normalized spacial score (nSPS) is 14.6. The maximum absolute atomic E-state index is 12.9. The van der Waals surface area contributed by atoms with Crippen molar-refractivity contribution in [1.29, 1.82) is 0 Å². The van der Waals surface area contributed by atoms with Crippen molar-refractivity contribution in [1.82, 2.24) is 4.90 Å². The highest BCUT2D eigenvalue weighted by molar-refractivity contribution is 5.97. The van der Waals surface area contributed by atoms with Gasteiger partial charge >= 0.3 is 0 Å². The van der Waals surface area contributed by atoms with E-state index < -0.39 is 0 Å². The molecule has 0 saturated heterocycles. The quantitative estimate of drug-likeness (QED) is 0.856. The Balaban J connectivity index is 1.79. The van der Waals surface area contributed by atoms with E-state index in [1.807, 2.05) is 60.4 Å². The standard InChI is InChI=1S/C21H24N2O2/c1-16(18-9-4-3-5-10-18)23(17(2)24)15-21(25)22-14-8-12-19-11-6-7-13-20(19)22/h3-7,9-11,13,16H,8,12,14-15H2,1-2H3. The smallest absolute Gasteiger partial charge is 0.246 e. The van der Waals surface area contributed by atoms with Gasteiger partial charge in [-0.05, 0) is 37.0 Å². The second kappa shape index (κ2) is 7.51. The molecule has 1 atom stereocenters. The molecule has 1 aliphatic rings. The van der Waals surface area contributed by atoms with E-state index in [0.717, 1.165) is 24.1 Å². The molecule has 0 aromatic heterocycles. The van der Waals surface area contributed by atoms with Crippen LogP contribution in [0.3, 0.4) is 0 Å². The second-order valence-corrected chi connectivity index (χ2v) is 6.51. The Bertz CT molecular complexity index is 758. The first-order valence-electron chi connectivity index (χ1n) is 8.78. The van der Waals surface area contributed by atoms with Crippen LogP contribution in [0.5, 0.6) is 0 Å². The van der Waals surface area contributed by atoms with E-state index >= 15 is 0 Å². The predicted molar refractivity (Wildman–Crippen MR) is 99.4 cm³/mol. The third-order valence-corrected chi connectivity index (χ3v) is 4.87. The fraction of sp³-hybridized carbons (Fsp3) is 0.333. The van der Waals surface area contributed by atoms with Crippen LogP contribution in [0.25, 0.3) is 0 Å². The third-order valence-electron chi connectivity index (χ3n) is 4.87. The van der Waals surface area contributed by atoms with Gasteiger partial charge in [-0.1, -0.05) is 48.5 Å². The fourth-order valence-electron chi connectivity index (χ4n) is 3.46. The molecule has 0 saturated carbocycles. The van der Waals surface area contributed by atoms with Crippen LogP contribution >= 0.6 is 0 Å². The van der Waals surface area contributed by atoms with Crippen LogP contribution in [0, 0.1) is 0 Å². The van der Waals surface area contributed by atoms with E-state index in [4.69, 9.17) is 0 Å². The summed E-state index contributed by atoms with van der Waals surface area (Å²) < 4.78 is 0. The van der Waals surface area contributed by atoms with Crippen molar-refractivity contribution < 1.29 is 9.59 Å². The van der Waals surface area contributed by atoms with Crippen molar-refractivity contribution in [3.63, 3.8) is 0 Å². The molecule has 1 unspecified atom stereocenters. The monoisotopic (exact) mass is 336 g/mol. The van der Waals surface area contributed by atoms with E-state index in [1.54, 1.807) is 4.90 Å². The molecule has 2 amide bonds. The molecule has 1 aliphatic heterocycles. The Labute approximate surface area is 149 Å². The fourth-order valence-corrected chi connectivity index (χ4v) is 3.46. The molecule has 0 bridgehead atoms. The van der Waals surface area contributed by atoms with Crippen LogP contribution in [0.1, 0.15) is 37.4 Å². The highest BCUT2D eigenvalue weighted by Gasteiger charge is 2.27. The van der Waals surface area contributed by atoms with E-state index in [-0.39, 0.29) is 24.4 Å². The van der Waals surface area contributed by atoms with Crippen LogP contribution in [0.4, 0.5) is 5.69 Å². The van der Waals surface area contributed by atoms with E-state index in [1.165, 1.54) is 12.5 Å². The lowest BCUT2D eigenvalue weighted by Crippen LogP contribution is -2.45. The molecule has 0 aliphatic carbocycles. The van der Waals surface area contributed by atoms with E-state index in [0.29, 0.717) is 6.54 Å². The number of nitrogens with zero attached hydrogens (tertiary/aromatic N) is 2. The average molecular weight is 336 g/mol. The lowest BCUT2D eigenvalue weighted by Gasteiger charge is -2.33. The summed E-state index contributed by atoms with van der Waals surface area (Å²) in [5, 5.41) is 0. The third kappa shape index (κ3) is 3.73. The van der Waals surface area contributed by atoms with Crippen LogP contribution in [-0.4, -0.2) is 29.8 Å². The molecule has 0 fully saturated rings. The predicted octanol–water partition coefficient (Wildman–Crippen LogP) is 3.58. The summed E-state index contributed by atoms with van der Waals surface area (Å²) >= 11 is 0. The number of carbonyl (C=O) groups is 2. The largest absolute Gasteiger partial charge is 0.327 e. The number of rotatable bonds is 4. The van der Waals surface area contributed by atoms with Gasteiger partial charge in [0, 0.05) is 19.2 Å². The Morgan fingerprint density at radius 1 is 1.08 bits per heavy atom. The molecule has 0 spiro atoms. The lowest BCUT2D eigenvalue weighted by molar-refractivity contribution is -0.135. The number of fused-ring (bicyclic) bond motifs is 1. The van der Waals surface area contributed by atoms with Crippen molar-refractivity contribution in [2.24, 2.45) is 0 Å². The zero-order chi connectivity index (χ0) is 17.8. The van der Waals surface area contributed by atoms with Gasteiger partial charge in [0.25, 0.3) is 0 Å². The first-order valence-corrected chi connectivity index (χ1v) is 8.78. The van der Waals surface area contributed by atoms with Gasteiger partial charge in [-0.2, -0.15) is 0 Å². The van der Waals surface area contributed by atoms with Crippen LogP contribution in [0.2, 0.25) is 0 Å². The molecule has 4 heteroatoms. The summed E-state index contributed by atoms with van der Waals surface area (Å²) in [5.41, 5.74) is 3.21. The minimum Gasteiger partial charge on any atom is -0.327 e. The van der Waals surface area contributed by atoms with Crippen molar-refractivity contribution in [3.05, 3.63) is 65.7 Å². The first-order chi connectivity index (χ1) is 12.1. The van der Waals surface area contributed by atoms with Crippen LogP contribution in [-0.2, 0) is 16.0 Å². The van der Waals surface area contributed by atoms with Gasteiger partial charge in [0.15, 0.2) is 0 Å². The highest BCUT2D eigenvalue weighted by atomic mass is 16.2. The Kier molecular flexibility index (Phi) is 5.17. The molecule has 4 nitrogen and oxygen atoms in total. The minimum absolute atomic E-state index is 0.0230. The average Bonchev–Trinajstić information content (AvgIpc) is 2.65. The topological polar surface area (TPSA) is 40.6 Å². The van der Waals surface area contributed by atoms with E-state index in [9.17, 15) is 9.59 Å². The number of amides is 2. The van der Waals surface area contributed by atoms with Crippen LogP contribution < -0.4 is 4.90 Å². The molecule has 0 N–H and O–H groups in total. The van der Waals surface area contributed by atoms with E-state index in [2.05, 4.69) is 6.07 Å². The maximum Gasteiger partial charge on any atom is 0.246 e. The van der Waals surface area contributed by atoms with Gasteiger partial charge in [0.1, 0.15) is 6.54 Å². The summed E-state index contributed by atoms with van der Waals surface area (Å²) in [7, 11) is 0. The molecule has 2 aromatic carbocycles. The van der Waals surface area contributed by atoms with Crippen molar-refractivity contribution in [2.75, 3.05) is 18.0 Å². The zero-order valence-corrected chi connectivity index (χ0v) is 14.8. The molecule has 0 radical (unpaired) electrons. The summed E-state index contributed by atoms with van der Waals surface area (Å²) in [4.78, 5) is 28.6. The highest BCUT2D eigenvalue weighted by Crippen LogP contribution is 2.27. The second-order valence-electron chi connectivity index (χ2n) is 6.51. The molecule has 1 heterocycles. The van der Waals surface area contributed by atoms with Gasteiger partial charge < -0.3 is 9.80 Å². The van der Waals surface area contributed by atoms with Gasteiger partial charge in [-0.3, -0.25) is 9.59 Å². The number of para-hydroxylation sites is 1. The number of carbonyl (C=O) groups excluding carboxylic acids is 2. The van der Waals surface area contributed by atoms with Crippen molar-refractivity contribution in [3.8, 4) is 0 Å². The van der Waals surface area contributed by atoms with Gasteiger partial charge in [-0.15, -0.1) is 0 Å². The molecule has 130 valence electrons. The SMILES string of the molecule is CC(=O)N(CC(=O)N1CCCc2ccccc21)C(C)c1ccccc1.